The summed E-state index contributed by atoms with van der Waals surface area (Å²) in [5.41, 5.74) is 0.485. The lowest BCUT2D eigenvalue weighted by Gasteiger charge is -2.34. The Morgan fingerprint density at radius 3 is 2.48 bits per heavy atom. The van der Waals surface area contributed by atoms with Crippen LogP contribution in [0.3, 0.4) is 0 Å². The third kappa shape index (κ3) is 5.69. The zero-order valence-electron chi connectivity index (χ0n) is 18.9. The standard InChI is InChI=1S/C24H34N4O3/c1-23(2,3)31-22(30)26-18-24(11-6-7-12-24)21(29)28-14-8-13-27(15-16-28)20-10-5-4-9-19(20)17-25/h4-5,9-10H,6-8,11-16,18H2,1-3H3,(H,26,30). The van der Waals surface area contributed by atoms with Gasteiger partial charge in [-0.1, -0.05) is 25.0 Å². The van der Waals surface area contributed by atoms with Crippen LogP contribution in [0.1, 0.15) is 58.4 Å². The van der Waals surface area contributed by atoms with Crippen LogP contribution in [0.15, 0.2) is 24.3 Å². The van der Waals surface area contributed by atoms with Crippen LogP contribution in [0.2, 0.25) is 0 Å². The first-order valence-electron chi connectivity index (χ1n) is 11.2. The number of amides is 2. The van der Waals surface area contributed by atoms with Crippen molar-refractivity contribution in [1.82, 2.24) is 10.2 Å². The van der Waals surface area contributed by atoms with Gasteiger partial charge in [-0.3, -0.25) is 4.79 Å². The monoisotopic (exact) mass is 426 g/mol. The number of para-hydroxylation sites is 1. The number of hydrogen-bond donors (Lipinski definition) is 1. The number of carbonyl (C=O) groups is 2. The van der Waals surface area contributed by atoms with Crippen LogP contribution in [-0.2, 0) is 9.53 Å². The largest absolute Gasteiger partial charge is 0.444 e. The number of ether oxygens (including phenoxy) is 1. The Labute approximate surface area is 185 Å². The Morgan fingerprint density at radius 1 is 1.10 bits per heavy atom. The first-order chi connectivity index (χ1) is 14.7. The van der Waals surface area contributed by atoms with Crippen molar-refractivity contribution in [2.45, 2.75) is 58.5 Å². The maximum absolute atomic E-state index is 13.6. The van der Waals surface area contributed by atoms with Gasteiger partial charge in [0.05, 0.1) is 16.7 Å². The minimum atomic E-state index is -0.565. The molecule has 1 saturated heterocycles. The number of rotatable bonds is 4. The van der Waals surface area contributed by atoms with E-state index in [-0.39, 0.29) is 5.91 Å². The number of nitrogens with one attached hydrogen (secondary N) is 1. The van der Waals surface area contributed by atoms with E-state index in [4.69, 9.17) is 4.74 Å². The molecular weight excluding hydrogens is 392 g/mol. The molecule has 7 heteroatoms. The zero-order valence-corrected chi connectivity index (χ0v) is 18.9. The van der Waals surface area contributed by atoms with Gasteiger partial charge in [0, 0.05) is 32.7 Å². The predicted molar refractivity (Wildman–Crippen MR) is 120 cm³/mol. The molecule has 7 nitrogen and oxygen atoms in total. The molecule has 1 N–H and O–H groups in total. The average molecular weight is 427 g/mol. The van der Waals surface area contributed by atoms with E-state index in [1.54, 1.807) is 0 Å². The van der Waals surface area contributed by atoms with Gasteiger partial charge in [0.1, 0.15) is 11.7 Å². The van der Waals surface area contributed by atoms with Crippen LogP contribution in [0.5, 0.6) is 0 Å². The number of hydrogen-bond acceptors (Lipinski definition) is 5. The Balaban J connectivity index is 1.66. The highest BCUT2D eigenvalue weighted by atomic mass is 16.6. The molecular formula is C24H34N4O3. The molecule has 0 spiro atoms. The van der Waals surface area contributed by atoms with Crippen molar-refractivity contribution in [3.05, 3.63) is 29.8 Å². The summed E-state index contributed by atoms with van der Waals surface area (Å²) in [6.07, 6.45) is 3.95. The molecule has 31 heavy (non-hydrogen) atoms. The molecule has 1 aromatic carbocycles. The highest BCUT2D eigenvalue weighted by Crippen LogP contribution is 2.39. The SMILES string of the molecule is CC(C)(C)OC(=O)NCC1(C(=O)N2CCCN(c3ccccc3C#N)CC2)CCCC1. The molecule has 0 radical (unpaired) electrons. The first-order valence-corrected chi connectivity index (χ1v) is 11.2. The van der Waals surface area contributed by atoms with E-state index in [2.05, 4.69) is 16.3 Å². The smallest absolute Gasteiger partial charge is 0.407 e. The Morgan fingerprint density at radius 2 is 1.81 bits per heavy atom. The van der Waals surface area contributed by atoms with Crippen LogP contribution in [-0.4, -0.2) is 55.2 Å². The van der Waals surface area contributed by atoms with Crippen molar-refractivity contribution in [3.63, 3.8) is 0 Å². The minimum absolute atomic E-state index is 0.136. The van der Waals surface area contributed by atoms with Crippen molar-refractivity contribution >= 4 is 17.7 Å². The molecule has 1 aliphatic carbocycles. The van der Waals surface area contributed by atoms with Crippen LogP contribution >= 0.6 is 0 Å². The second-order valence-corrected chi connectivity index (χ2v) is 9.60. The first kappa shape index (κ1) is 22.9. The summed E-state index contributed by atoms with van der Waals surface area (Å²) in [6.45, 7) is 8.62. The van der Waals surface area contributed by atoms with Gasteiger partial charge in [0.2, 0.25) is 5.91 Å². The normalized spacial score (nSPS) is 18.8. The average Bonchev–Trinajstić information content (AvgIpc) is 3.08. The molecule has 2 amide bonds. The van der Waals surface area contributed by atoms with Crippen LogP contribution in [0.4, 0.5) is 10.5 Å². The van der Waals surface area contributed by atoms with Crippen molar-refractivity contribution in [2.75, 3.05) is 37.6 Å². The lowest BCUT2D eigenvalue weighted by Crippen LogP contribution is -2.50. The fourth-order valence-electron chi connectivity index (χ4n) is 4.61. The van der Waals surface area contributed by atoms with Crippen molar-refractivity contribution < 1.29 is 14.3 Å². The maximum Gasteiger partial charge on any atom is 0.407 e. The molecule has 0 aromatic heterocycles. The lowest BCUT2D eigenvalue weighted by molar-refractivity contribution is -0.141. The van der Waals surface area contributed by atoms with Gasteiger partial charge in [-0.25, -0.2) is 4.79 Å². The zero-order chi connectivity index (χ0) is 22.5. The Bertz CT molecular complexity index is 834. The van der Waals surface area contributed by atoms with Gasteiger partial charge >= 0.3 is 6.09 Å². The van der Waals surface area contributed by atoms with E-state index >= 15 is 0 Å². The number of nitrogens with zero attached hydrogens (tertiary/aromatic N) is 3. The molecule has 1 aromatic rings. The van der Waals surface area contributed by atoms with E-state index in [0.29, 0.717) is 31.7 Å². The molecule has 2 fully saturated rings. The fourth-order valence-corrected chi connectivity index (χ4v) is 4.61. The third-order valence-corrected chi connectivity index (χ3v) is 6.13. The van der Waals surface area contributed by atoms with Crippen molar-refractivity contribution in [3.8, 4) is 6.07 Å². The lowest BCUT2D eigenvalue weighted by atomic mass is 9.84. The quantitative estimate of drug-likeness (QED) is 0.794. The fraction of sp³-hybridized carbons (Fsp3) is 0.625. The highest BCUT2D eigenvalue weighted by molar-refractivity contribution is 5.84. The second-order valence-electron chi connectivity index (χ2n) is 9.60. The summed E-state index contributed by atoms with van der Waals surface area (Å²) < 4.78 is 5.36. The summed E-state index contributed by atoms with van der Waals surface area (Å²) in [4.78, 5) is 29.9. The van der Waals surface area contributed by atoms with E-state index in [1.807, 2.05) is 49.9 Å². The van der Waals surface area contributed by atoms with E-state index in [0.717, 1.165) is 44.3 Å². The molecule has 0 unspecified atom stereocenters. The van der Waals surface area contributed by atoms with Crippen LogP contribution < -0.4 is 10.2 Å². The Kier molecular flexibility index (Phi) is 7.09. The number of anilines is 1. The molecule has 0 bridgehead atoms. The number of carbonyl (C=O) groups excluding carboxylic acids is 2. The third-order valence-electron chi connectivity index (χ3n) is 6.13. The summed E-state index contributed by atoms with van der Waals surface area (Å²) in [5.74, 6) is 0.136. The summed E-state index contributed by atoms with van der Waals surface area (Å²) in [5, 5.41) is 12.3. The molecule has 1 aliphatic heterocycles. The number of alkyl carbamates (subject to hydrolysis) is 1. The summed E-state index contributed by atoms with van der Waals surface area (Å²) in [6, 6.07) is 9.89. The van der Waals surface area contributed by atoms with Crippen molar-refractivity contribution in [2.24, 2.45) is 5.41 Å². The van der Waals surface area contributed by atoms with Gasteiger partial charge in [-0.15, -0.1) is 0 Å². The minimum Gasteiger partial charge on any atom is -0.444 e. The van der Waals surface area contributed by atoms with Crippen molar-refractivity contribution in [1.29, 1.82) is 5.26 Å². The molecule has 0 atom stereocenters. The molecule has 168 valence electrons. The number of benzene rings is 1. The van der Waals surface area contributed by atoms with Gasteiger partial charge in [0.25, 0.3) is 0 Å². The maximum atomic E-state index is 13.6. The molecule has 1 heterocycles. The topological polar surface area (TPSA) is 85.7 Å². The second kappa shape index (κ2) is 9.59. The van der Waals surface area contributed by atoms with Crippen LogP contribution in [0.25, 0.3) is 0 Å². The molecule has 1 saturated carbocycles. The van der Waals surface area contributed by atoms with E-state index in [1.165, 1.54) is 0 Å². The predicted octanol–water partition coefficient (Wildman–Crippen LogP) is 3.68. The molecule has 3 rings (SSSR count). The molecule has 2 aliphatic rings. The summed E-state index contributed by atoms with van der Waals surface area (Å²) in [7, 11) is 0. The Hall–Kier alpha value is -2.75. The van der Waals surface area contributed by atoms with Gasteiger partial charge in [-0.05, 0) is 52.2 Å². The van der Waals surface area contributed by atoms with E-state index in [9.17, 15) is 14.9 Å². The number of nitriles is 1. The van der Waals surface area contributed by atoms with E-state index < -0.39 is 17.1 Å². The summed E-state index contributed by atoms with van der Waals surface area (Å²) >= 11 is 0. The highest BCUT2D eigenvalue weighted by Gasteiger charge is 2.44. The van der Waals surface area contributed by atoms with Gasteiger partial charge in [0.15, 0.2) is 0 Å². The van der Waals surface area contributed by atoms with Gasteiger partial charge < -0.3 is 19.9 Å². The van der Waals surface area contributed by atoms with Gasteiger partial charge in [-0.2, -0.15) is 5.26 Å². The van der Waals surface area contributed by atoms with Crippen LogP contribution in [0, 0.1) is 16.7 Å².